The number of carbonyl (C=O) groups is 1. The molecule has 1 N–H and O–H groups in total. The van der Waals surface area contributed by atoms with E-state index in [9.17, 15) is 13.2 Å². The van der Waals surface area contributed by atoms with Crippen LogP contribution in [-0.4, -0.2) is 33.0 Å². The van der Waals surface area contributed by atoms with Gasteiger partial charge in [-0.25, -0.2) is 8.42 Å². The van der Waals surface area contributed by atoms with Gasteiger partial charge in [-0.1, -0.05) is 12.1 Å². The molecule has 0 atom stereocenters. The molecule has 0 aromatic heterocycles. The topological polar surface area (TPSA) is 63.2 Å². The maximum Gasteiger partial charge on any atom is 0.180 e. The minimum atomic E-state index is -3.18. The zero-order valence-electron chi connectivity index (χ0n) is 10.7. The van der Waals surface area contributed by atoms with Crippen molar-refractivity contribution >= 4 is 16.1 Å². The van der Waals surface area contributed by atoms with Crippen LogP contribution in [0.1, 0.15) is 19.4 Å². The highest BCUT2D eigenvalue weighted by Gasteiger charge is 2.18. The van der Waals surface area contributed by atoms with E-state index >= 15 is 0 Å². The zero-order chi connectivity index (χ0) is 13.6. The van der Waals surface area contributed by atoms with Gasteiger partial charge in [0.15, 0.2) is 9.84 Å². The van der Waals surface area contributed by atoms with Gasteiger partial charge in [0.1, 0.15) is 6.29 Å². The van der Waals surface area contributed by atoms with Gasteiger partial charge in [0.05, 0.1) is 16.7 Å². The van der Waals surface area contributed by atoms with Crippen LogP contribution >= 0.6 is 0 Å². The number of hydrogen-bond donors (Lipinski definition) is 1. The van der Waals surface area contributed by atoms with Crippen LogP contribution in [0.3, 0.4) is 0 Å². The van der Waals surface area contributed by atoms with E-state index in [0.29, 0.717) is 18.0 Å². The average molecular weight is 269 g/mol. The number of benzene rings is 1. The molecule has 0 unspecified atom stereocenters. The Bertz CT molecular complexity index is 477. The summed E-state index contributed by atoms with van der Waals surface area (Å²) in [6, 6.07) is 6.92. The summed E-state index contributed by atoms with van der Waals surface area (Å²) in [6.07, 6.45) is 1.59. The van der Waals surface area contributed by atoms with Gasteiger partial charge in [-0.2, -0.15) is 0 Å². The Morgan fingerprint density at radius 1 is 1.22 bits per heavy atom. The Morgan fingerprint density at radius 2 is 1.83 bits per heavy atom. The van der Waals surface area contributed by atoms with Crippen molar-refractivity contribution in [2.24, 2.45) is 0 Å². The van der Waals surface area contributed by atoms with E-state index in [0.717, 1.165) is 18.3 Å². The Labute approximate surface area is 108 Å². The predicted molar refractivity (Wildman–Crippen MR) is 71.4 cm³/mol. The van der Waals surface area contributed by atoms with Crippen LogP contribution in [0.4, 0.5) is 0 Å². The highest BCUT2D eigenvalue weighted by atomic mass is 32.2. The normalized spacial score (nSPS) is 11.7. The summed E-state index contributed by atoms with van der Waals surface area (Å²) in [4.78, 5) is 10.5. The summed E-state index contributed by atoms with van der Waals surface area (Å²) in [5.41, 5.74) is 1.05. The number of carbonyl (C=O) groups excluding carboxylic acids is 1. The van der Waals surface area contributed by atoms with E-state index < -0.39 is 15.1 Å². The molecule has 0 spiro atoms. The van der Waals surface area contributed by atoms with Crippen molar-refractivity contribution < 1.29 is 13.2 Å². The molecule has 1 rings (SSSR count). The minimum absolute atomic E-state index is 0.347. The summed E-state index contributed by atoms with van der Waals surface area (Å²) in [5.74, 6) is 0. The first-order valence-electron chi connectivity index (χ1n) is 5.95. The van der Waals surface area contributed by atoms with E-state index in [4.69, 9.17) is 0 Å². The number of rotatable bonds is 7. The number of aldehydes is 1. The molecule has 0 fully saturated rings. The van der Waals surface area contributed by atoms with Crippen LogP contribution in [-0.2, 0) is 21.1 Å². The lowest BCUT2D eigenvalue weighted by Crippen LogP contribution is -2.19. The van der Waals surface area contributed by atoms with Crippen LogP contribution in [0.25, 0.3) is 0 Å². The minimum Gasteiger partial charge on any atom is -0.310 e. The van der Waals surface area contributed by atoms with Crippen LogP contribution < -0.4 is 5.32 Å². The smallest absolute Gasteiger partial charge is 0.180 e. The molecule has 5 heteroatoms. The van der Waals surface area contributed by atoms with E-state index in [1.807, 2.05) is 12.1 Å². The SMILES string of the molecule is CC(C)S(=O)(=O)c1ccc(CCNCC=O)cc1. The predicted octanol–water partition coefficient (Wildman–Crippen LogP) is 1.20. The molecule has 1 aromatic rings. The van der Waals surface area contributed by atoms with Crippen molar-refractivity contribution in [1.29, 1.82) is 0 Å². The number of sulfone groups is 1. The van der Waals surface area contributed by atoms with Gasteiger partial charge < -0.3 is 10.1 Å². The third-order valence-corrected chi connectivity index (χ3v) is 4.86. The lowest BCUT2D eigenvalue weighted by atomic mass is 10.1. The zero-order valence-corrected chi connectivity index (χ0v) is 11.5. The molecule has 0 heterocycles. The Morgan fingerprint density at radius 3 is 2.33 bits per heavy atom. The van der Waals surface area contributed by atoms with Gasteiger partial charge in [-0.05, 0) is 44.5 Å². The summed E-state index contributed by atoms with van der Waals surface area (Å²) in [5, 5.41) is 2.56. The lowest BCUT2D eigenvalue weighted by Gasteiger charge is -2.08. The summed E-state index contributed by atoms with van der Waals surface area (Å²) >= 11 is 0. The molecule has 0 saturated heterocycles. The first-order valence-corrected chi connectivity index (χ1v) is 7.50. The van der Waals surface area contributed by atoms with E-state index in [1.165, 1.54) is 0 Å². The van der Waals surface area contributed by atoms with Gasteiger partial charge in [-0.15, -0.1) is 0 Å². The molecular weight excluding hydrogens is 250 g/mol. The molecule has 0 saturated carbocycles. The molecule has 18 heavy (non-hydrogen) atoms. The summed E-state index contributed by atoms with van der Waals surface area (Å²) < 4.78 is 23.8. The molecule has 1 aromatic carbocycles. The summed E-state index contributed by atoms with van der Waals surface area (Å²) in [7, 11) is -3.18. The average Bonchev–Trinajstić information content (AvgIpc) is 2.35. The maximum absolute atomic E-state index is 11.9. The Balaban J connectivity index is 2.66. The molecule has 100 valence electrons. The molecule has 0 aliphatic heterocycles. The third-order valence-electron chi connectivity index (χ3n) is 2.69. The van der Waals surface area contributed by atoms with Gasteiger partial charge in [-0.3, -0.25) is 0 Å². The van der Waals surface area contributed by atoms with Gasteiger partial charge in [0.25, 0.3) is 0 Å². The second-order valence-electron chi connectivity index (χ2n) is 4.36. The van der Waals surface area contributed by atoms with Crippen LogP contribution in [0, 0.1) is 0 Å². The highest BCUT2D eigenvalue weighted by Crippen LogP contribution is 2.16. The first-order chi connectivity index (χ1) is 8.48. The van der Waals surface area contributed by atoms with Crippen molar-refractivity contribution in [3.63, 3.8) is 0 Å². The van der Waals surface area contributed by atoms with Gasteiger partial charge >= 0.3 is 0 Å². The molecule has 0 aliphatic rings. The second-order valence-corrected chi connectivity index (χ2v) is 6.86. The van der Waals surface area contributed by atoms with Crippen molar-refractivity contribution in [1.82, 2.24) is 5.32 Å². The quantitative estimate of drug-likeness (QED) is 0.597. The Hall–Kier alpha value is -1.20. The molecule has 0 amide bonds. The number of nitrogens with one attached hydrogen (secondary N) is 1. The van der Waals surface area contributed by atoms with Gasteiger partial charge in [0.2, 0.25) is 0 Å². The highest BCUT2D eigenvalue weighted by molar-refractivity contribution is 7.92. The van der Waals surface area contributed by atoms with Crippen molar-refractivity contribution in [2.75, 3.05) is 13.1 Å². The molecular formula is C13H19NO3S. The van der Waals surface area contributed by atoms with E-state index in [2.05, 4.69) is 5.32 Å². The van der Waals surface area contributed by atoms with Crippen LogP contribution in [0.5, 0.6) is 0 Å². The fraction of sp³-hybridized carbons (Fsp3) is 0.462. The lowest BCUT2D eigenvalue weighted by molar-refractivity contribution is -0.107. The maximum atomic E-state index is 11.9. The van der Waals surface area contributed by atoms with E-state index in [1.54, 1.807) is 26.0 Å². The fourth-order valence-corrected chi connectivity index (χ4v) is 2.57. The van der Waals surface area contributed by atoms with Gasteiger partial charge in [0, 0.05) is 0 Å². The van der Waals surface area contributed by atoms with Crippen molar-refractivity contribution in [3.05, 3.63) is 29.8 Å². The molecule has 0 bridgehead atoms. The monoisotopic (exact) mass is 269 g/mol. The largest absolute Gasteiger partial charge is 0.310 e. The molecule has 4 nitrogen and oxygen atoms in total. The van der Waals surface area contributed by atoms with Crippen LogP contribution in [0.15, 0.2) is 29.2 Å². The van der Waals surface area contributed by atoms with Crippen molar-refractivity contribution in [2.45, 2.75) is 30.4 Å². The molecule has 0 radical (unpaired) electrons. The summed E-state index contributed by atoms with van der Waals surface area (Å²) in [6.45, 7) is 4.40. The standard InChI is InChI=1S/C13H19NO3S/c1-11(2)18(16,17)13-5-3-12(4-6-13)7-8-14-9-10-15/h3-6,10-11,14H,7-9H2,1-2H3. The van der Waals surface area contributed by atoms with Crippen molar-refractivity contribution in [3.8, 4) is 0 Å². The Kier molecular flexibility index (Phi) is 5.50. The molecule has 0 aliphatic carbocycles. The third kappa shape index (κ3) is 3.92. The first kappa shape index (κ1) is 14.9. The fourth-order valence-electron chi connectivity index (χ4n) is 1.51. The second kappa shape index (κ2) is 6.66. The van der Waals surface area contributed by atoms with Crippen LogP contribution in [0.2, 0.25) is 0 Å². The number of hydrogen-bond acceptors (Lipinski definition) is 4. The van der Waals surface area contributed by atoms with E-state index in [-0.39, 0.29) is 0 Å².